The molecule has 5 nitrogen and oxygen atoms in total. The quantitative estimate of drug-likeness (QED) is 0.257. The van der Waals surface area contributed by atoms with Gasteiger partial charge in [-0.2, -0.15) is 4.89 Å². The molecule has 0 spiro atoms. The second-order valence-corrected chi connectivity index (χ2v) is 2.38. The fraction of sp³-hybridized carbons (Fsp3) is 0. The van der Waals surface area contributed by atoms with Gasteiger partial charge in [0.05, 0.1) is 0 Å². The zero-order valence-corrected chi connectivity index (χ0v) is 11.3. The van der Waals surface area contributed by atoms with Crippen molar-refractivity contribution >= 4 is 20.2 Å². The van der Waals surface area contributed by atoms with Gasteiger partial charge in [-0.05, 0) is 28.0 Å². The average molecular weight is 236 g/mol. The minimum absolute atomic E-state index is 0. The van der Waals surface area contributed by atoms with E-state index in [1.54, 1.807) is 11.9 Å². The SMILES string of the molecule is C1=CNSC=C1.O.O=[P+]([O-])O.[K+]. The Morgan fingerprint density at radius 1 is 1.50 bits per heavy atom. The van der Waals surface area contributed by atoms with Gasteiger partial charge in [-0.1, -0.05) is 6.08 Å². The molecule has 0 saturated heterocycles. The van der Waals surface area contributed by atoms with Gasteiger partial charge in [0.1, 0.15) is 0 Å². The summed E-state index contributed by atoms with van der Waals surface area (Å²) < 4.78 is 11.5. The van der Waals surface area contributed by atoms with Crippen molar-refractivity contribution in [1.29, 1.82) is 0 Å². The minimum atomic E-state index is -3.12. The van der Waals surface area contributed by atoms with Crippen LogP contribution in [0.2, 0.25) is 0 Å². The summed E-state index contributed by atoms with van der Waals surface area (Å²) in [5, 5.41) is 1.99. The monoisotopic (exact) mass is 236 g/mol. The first-order chi connectivity index (χ1) is 4.73. The van der Waals surface area contributed by atoms with Crippen LogP contribution in [0.25, 0.3) is 0 Å². The maximum absolute atomic E-state index is 8.59. The van der Waals surface area contributed by atoms with E-state index in [2.05, 4.69) is 4.72 Å². The molecule has 0 aromatic heterocycles. The molecule has 1 heterocycles. The predicted molar refractivity (Wildman–Crippen MR) is 42.4 cm³/mol. The third-order valence-corrected chi connectivity index (χ3v) is 1.06. The molecule has 0 aromatic carbocycles. The Hall–Kier alpha value is 1.25. The smallest absolute Gasteiger partial charge is 0.567 e. The molecule has 0 bridgehead atoms. The van der Waals surface area contributed by atoms with Crippen LogP contribution >= 0.6 is 20.2 Å². The molecule has 0 fully saturated rings. The molecule has 1 rings (SSSR count). The van der Waals surface area contributed by atoms with Crippen molar-refractivity contribution in [1.82, 2.24) is 4.72 Å². The van der Waals surface area contributed by atoms with Gasteiger partial charge < -0.3 is 15.1 Å². The Morgan fingerprint density at radius 2 is 2.00 bits per heavy atom. The number of rotatable bonds is 0. The molecule has 1 aliphatic rings. The summed E-state index contributed by atoms with van der Waals surface area (Å²) in [6, 6.07) is 0. The Morgan fingerprint density at radius 3 is 2.08 bits per heavy atom. The van der Waals surface area contributed by atoms with Crippen molar-refractivity contribution in [3.8, 4) is 0 Å². The molecule has 12 heavy (non-hydrogen) atoms. The van der Waals surface area contributed by atoms with E-state index in [4.69, 9.17) is 14.4 Å². The van der Waals surface area contributed by atoms with E-state index < -0.39 is 8.25 Å². The molecule has 64 valence electrons. The van der Waals surface area contributed by atoms with Gasteiger partial charge in [0.15, 0.2) is 0 Å². The van der Waals surface area contributed by atoms with Gasteiger partial charge in [-0.25, -0.2) is 0 Å². The molecule has 0 amide bonds. The van der Waals surface area contributed by atoms with Crippen LogP contribution in [-0.4, -0.2) is 10.4 Å². The van der Waals surface area contributed by atoms with Crippen molar-refractivity contribution in [2.45, 2.75) is 0 Å². The summed E-state index contributed by atoms with van der Waals surface area (Å²) in [6.07, 6.45) is 5.84. The maximum Gasteiger partial charge on any atom is 1.00 e. The molecule has 1 unspecified atom stereocenters. The zero-order chi connectivity index (χ0) is 7.82. The van der Waals surface area contributed by atoms with Crippen molar-refractivity contribution in [3.05, 3.63) is 23.8 Å². The maximum atomic E-state index is 8.59. The summed E-state index contributed by atoms with van der Waals surface area (Å²) in [5.74, 6) is 0. The molecule has 4 N–H and O–H groups in total. The molecule has 1 atom stereocenters. The van der Waals surface area contributed by atoms with Gasteiger partial charge in [0.2, 0.25) is 0 Å². The van der Waals surface area contributed by atoms with Gasteiger partial charge in [0, 0.05) is 6.20 Å². The number of hydrogen-bond acceptors (Lipinski definition) is 4. The van der Waals surface area contributed by atoms with Crippen LogP contribution in [0.5, 0.6) is 0 Å². The molecule has 0 aliphatic carbocycles. The summed E-state index contributed by atoms with van der Waals surface area (Å²) in [4.78, 5) is 15.6. The second kappa shape index (κ2) is 14.8. The van der Waals surface area contributed by atoms with Crippen LogP contribution in [0.3, 0.4) is 0 Å². The normalized spacial score (nSPS) is 12.3. The van der Waals surface area contributed by atoms with Gasteiger partial charge in [-0.3, -0.25) is 0 Å². The number of allylic oxidation sites excluding steroid dienone is 2. The molecule has 0 radical (unpaired) electrons. The van der Waals surface area contributed by atoms with Crippen LogP contribution in [0.15, 0.2) is 23.8 Å². The third-order valence-electron chi connectivity index (χ3n) is 0.490. The molecular formula is C4H8KNO4PS+. The van der Waals surface area contributed by atoms with Crippen molar-refractivity contribution < 1.29 is 71.2 Å². The summed E-state index contributed by atoms with van der Waals surface area (Å²) in [7, 11) is -3.12. The van der Waals surface area contributed by atoms with Crippen LogP contribution in [-0.2, 0) is 4.57 Å². The third kappa shape index (κ3) is 22.5. The Bertz CT molecular complexity index is 149. The van der Waals surface area contributed by atoms with Crippen molar-refractivity contribution in [2.75, 3.05) is 0 Å². The van der Waals surface area contributed by atoms with Crippen LogP contribution in [0.1, 0.15) is 0 Å². The minimum Gasteiger partial charge on any atom is -0.567 e. The molecule has 8 heteroatoms. The van der Waals surface area contributed by atoms with E-state index in [1.165, 1.54) is 0 Å². The van der Waals surface area contributed by atoms with Gasteiger partial charge in [-0.15, -0.1) is 0 Å². The summed E-state index contributed by atoms with van der Waals surface area (Å²) >= 11 is 1.58. The van der Waals surface area contributed by atoms with E-state index in [-0.39, 0.29) is 56.9 Å². The molecule has 1 aliphatic heterocycles. The summed E-state index contributed by atoms with van der Waals surface area (Å²) in [6.45, 7) is 0. The second-order valence-electron chi connectivity index (χ2n) is 1.16. The van der Waals surface area contributed by atoms with Crippen LogP contribution in [0, 0.1) is 0 Å². The fourth-order valence-electron chi connectivity index (χ4n) is 0.258. The zero-order valence-electron chi connectivity index (χ0n) is 6.43. The van der Waals surface area contributed by atoms with Crippen LogP contribution < -0.4 is 61.0 Å². The van der Waals surface area contributed by atoms with E-state index in [0.29, 0.717) is 0 Å². The standard InChI is InChI=1S/C4H5NS.K.HO3P.H2O/c1-2-4-6-5-3-1;;1-4(2)3;/h1-5H;;(H,1,2,3);1H2/q;+1;;. The summed E-state index contributed by atoms with van der Waals surface area (Å²) in [5.41, 5.74) is 0. The van der Waals surface area contributed by atoms with Crippen LogP contribution in [0.4, 0.5) is 0 Å². The van der Waals surface area contributed by atoms with Gasteiger partial charge >= 0.3 is 59.6 Å². The first-order valence-corrected chi connectivity index (χ1v) is 4.30. The van der Waals surface area contributed by atoms with Gasteiger partial charge in [0.25, 0.3) is 0 Å². The fourth-order valence-corrected chi connectivity index (χ4v) is 0.663. The number of nitrogens with one attached hydrogen (secondary N) is 1. The first-order valence-electron chi connectivity index (χ1n) is 2.29. The molecule has 0 aromatic rings. The van der Waals surface area contributed by atoms with E-state index in [0.717, 1.165) is 0 Å². The first kappa shape index (κ1) is 18.9. The Kier molecular flexibility index (Phi) is 23.3. The van der Waals surface area contributed by atoms with E-state index in [1.807, 2.05) is 23.8 Å². The molecule has 0 saturated carbocycles. The topological polar surface area (TPSA) is 104 Å². The Balaban J connectivity index is -0.000000124. The van der Waals surface area contributed by atoms with E-state index in [9.17, 15) is 0 Å². The Labute approximate surface area is 118 Å². The molecular weight excluding hydrogens is 228 g/mol. The van der Waals surface area contributed by atoms with Crippen molar-refractivity contribution in [2.24, 2.45) is 0 Å². The average Bonchev–Trinajstić information content (AvgIpc) is 1.90. The number of hydrogen-bond donors (Lipinski definition) is 2. The van der Waals surface area contributed by atoms with E-state index >= 15 is 0 Å². The predicted octanol–water partition coefficient (Wildman–Crippen LogP) is -3.56. The van der Waals surface area contributed by atoms with Crippen molar-refractivity contribution in [3.63, 3.8) is 0 Å². The largest absolute Gasteiger partial charge is 1.00 e.